The van der Waals surface area contributed by atoms with Gasteiger partial charge in [-0.3, -0.25) is 10.1 Å². The lowest BCUT2D eigenvalue weighted by atomic mass is 9.98. The number of nitro groups is 1. The van der Waals surface area contributed by atoms with Crippen LogP contribution in [-0.4, -0.2) is 37.1 Å². The van der Waals surface area contributed by atoms with Crippen LogP contribution in [0.2, 0.25) is 0 Å². The molecule has 0 amide bonds. The van der Waals surface area contributed by atoms with E-state index in [0.717, 1.165) is 25.1 Å². The van der Waals surface area contributed by atoms with Gasteiger partial charge in [0.1, 0.15) is 5.75 Å². The van der Waals surface area contributed by atoms with E-state index in [4.69, 9.17) is 4.74 Å². The Hall–Kier alpha value is -1.88. The van der Waals surface area contributed by atoms with Crippen LogP contribution in [0, 0.1) is 10.1 Å². The zero-order valence-electron chi connectivity index (χ0n) is 10.5. The second-order valence-corrected chi connectivity index (χ2v) is 4.38. The minimum absolute atomic E-state index is 0.145. The lowest BCUT2D eigenvalue weighted by Crippen LogP contribution is -2.23. The Morgan fingerprint density at radius 3 is 2.78 bits per heavy atom. The molecule has 1 aromatic carbocycles. The number of hydrogen-bond donors (Lipinski definition) is 0. The molecule has 5 heteroatoms. The Kier molecular flexibility index (Phi) is 3.62. The number of nitro benzene ring substituents is 1. The maximum atomic E-state index is 11.1. The van der Waals surface area contributed by atoms with Crippen LogP contribution in [0.4, 0.5) is 5.69 Å². The summed E-state index contributed by atoms with van der Waals surface area (Å²) in [5.41, 5.74) is 1.85. The average molecular weight is 248 g/mol. The largest absolute Gasteiger partial charge is 0.497 e. The molecule has 0 radical (unpaired) electrons. The first-order chi connectivity index (χ1) is 8.61. The molecule has 0 aromatic heterocycles. The molecular formula is C13H16N2O3. The molecule has 0 spiro atoms. The summed E-state index contributed by atoms with van der Waals surface area (Å²) in [5, 5.41) is 11.1. The molecule has 0 aliphatic carbocycles. The monoisotopic (exact) mass is 248 g/mol. The summed E-state index contributed by atoms with van der Waals surface area (Å²) >= 11 is 0. The number of methoxy groups -OCH3 is 1. The van der Waals surface area contributed by atoms with E-state index in [2.05, 4.69) is 4.90 Å². The molecule has 0 unspecified atom stereocenters. The highest BCUT2D eigenvalue weighted by Gasteiger charge is 2.20. The molecule has 1 aliphatic rings. The number of ether oxygens (including phenoxy) is 1. The lowest BCUT2D eigenvalue weighted by Gasteiger charge is -2.22. The highest BCUT2D eigenvalue weighted by atomic mass is 16.6. The highest BCUT2D eigenvalue weighted by molar-refractivity contribution is 5.74. The Balaban J connectivity index is 2.43. The SMILES string of the molecule is COc1ccc([N+](=O)[O-])c(C2=CCN(C)CC2)c1. The van der Waals surface area contributed by atoms with Crippen LogP contribution in [0.15, 0.2) is 24.3 Å². The van der Waals surface area contributed by atoms with Crippen LogP contribution in [0.5, 0.6) is 5.75 Å². The molecular weight excluding hydrogens is 232 g/mol. The number of hydrogen-bond acceptors (Lipinski definition) is 4. The Labute approximate surface area is 106 Å². The lowest BCUT2D eigenvalue weighted by molar-refractivity contribution is -0.385. The van der Waals surface area contributed by atoms with Crippen LogP contribution in [0.25, 0.3) is 5.57 Å². The van der Waals surface area contributed by atoms with E-state index in [9.17, 15) is 10.1 Å². The van der Waals surface area contributed by atoms with Crippen LogP contribution in [-0.2, 0) is 0 Å². The van der Waals surface area contributed by atoms with Crippen molar-refractivity contribution < 1.29 is 9.66 Å². The normalized spacial score (nSPS) is 16.2. The van der Waals surface area contributed by atoms with E-state index < -0.39 is 0 Å². The fourth-order valence-corrected chi connectivity index (χ4v) is 2.07. The molecule has 96 valence electrons. The van der Waals surface area contributed by atoms with Crippen LogP contribution >= 0.6 is 0 Å². The molecule has 0 atom stereocenters. The summed E-state index contributed by atoms with van der Waals surface area (Å²) in [4.78, 5) is 12.9. The maximum absolute atomic E-state index is 11.1. The average Bonchev–Trinajstić information content (AvgIpc) is 2.38. The van der Waals surface area contributed by atoms with Gasteiger partial charge in [-0.25, -0.2) is 0 Å². The first-order valence-electron chi connectivity index (χ1n) is 5.82. The van der Waals surface area contributed by atoms with Gasteiger partial charge in [-0.1, -0.05) is 6.08 Å². The van der Waals surface area contributed by atoms with Crippen molar-refractivity contribution in [3.05, 3.63) is 40.0 Å². The van der Waals surface area contributed by atoms with Crippen molar-refractivity contribution in [2.75, 3.05) is 27.2 Å². The molecule has 0 bridgehead atoms. The molecule has 1 aliphatic heterocycles. The van der Waals surface area contributed by atoms with Gasteiger partial charge < -0.3 is 9.64 Å². The smallest absolute Gasteiger partial charge is 0.277 e. The first-order valence-corrected chi connectivity index (χ1v) is 5.82. The summed E-state index contributed by atoms with van der Waals surface area (Å²) in [5.74, 6) is 0.649. The van der Waals surface area contributed by atoms with Gasteiger partial charge in [0.2, 0.25) is 0 Å². The van der Waals surface area contributed by atoms with Gasteiger partial charge in [0.05, 0.1) is 17.6 Å². The van der Waals surface area contributed by atoms with Crippen molar-refractivity contribution in [1.29, 1.82) is 0 Å². The van der Waals surface area contributed by atoms with Gasteiger partial charge in [-0.05, 0) is 31.2 Å². The molecule has 1 aromatic rings. The third-order valence-electron chi connectivity index (χ3n) is 3.16. The second-order valence-electron chi connectivity index (χ2n) is 4.38. The van der Waals surface area contributed by atoms with Gasteiger partial charge >= 0.3 is 0 Å². The third kappa shape index (κ3) is 2.51. The summed E-state index contributed by atoms with van der Waals surface area (Å²) in [6, 6.07) is 4.87. The molecule has 0 saturated heterocycles. The minimum Gasteiger partial charge on any atom is -0.497 e. The molecule has 0 fully saturated rings. The summed E-state index contributed by atoms with van der Waals surface area (Å²) in [6.07, 6.45) is 2.87. The van der Waals surface area contributed by atoms with Crippen molar-refractivity contribution in [1.82, 2.24) is 4.90 Å². The van der Waals surface area contributed by atoms with Gasteiger partial charge in [0.25, 0.3) is 5.69 Å². The molecule has 5 nitrogen and oxygen atoms in total. The first kappa shape index (κ1) is 12.6. The molecule has 0 N–H and O–H groups in total. The van der Waals surface area contributed by atoms with Crippen LogP contribution in [0.1, 0.15) is 12.0 Å². The zero-order valence-corrected chi connectivity index (χ0v) is 10.5. The van der Waals surface area contributed by atoms with E-state index in [1.54, 1.807) is 19.2 Å². The fourth-order valence-electron chi connectivity index (χ4n) is 2.07. The van der Waals surface area contributed by atoms with Gasteiger partial charge in [-0.2, -0.15) is 0 Å². The molecule has 1 heterocycles. The van der Waals surface area contributed by atoms with E-state index in [0.29, 0.717) is 11.3 Å². The Bertz CT molecular complexity index is 497. The zero-order chi connectivity index (χ0) is 13.1. The predicted octanol–water partition coefficient (Wildman–Crippen LogP) is 2.32. The minimum atomic E-state index is -0.339. The van der Waals surface area contributed by atoms with E-state index in [1.165, 1.54) is 6.07 Å². The molecule has 2 rings (SSSR count). The Morgan fingerprint density at radius 2 is 2.22 bits per heavy atom. The van der Waals surface area contributed by atoms with E-state index in [1.807, 2.05) is 13.1 Å². The number of benzene rings is 1. The Morgan fingerprint density at radius 1 is 1.44 bits per heavy atom. The summed E-state index contributed by atoms with van der Waals surface area (Å²) in [7, 11) is 3.60. The van der Waals surface area contributed by atoms with Crippen molar-refractivity contribution in [3.8, 4) is 5.75 Å². The van der Waals surface area contributed by atoms with Gasteiger partial charge in [0.15, 0.2) is 0 Å². The maximum Gasteiger partial charge on any atom is 0.277 e. The van der Waals surface area contributed by atoms with Crippen molar-refractivity contribution in [3.63, 3.8) is 0 Å². The second kappa shape index (κ2) is 5.18. The number of likely N-dealkylation sites (N-methyl/N-ethyl adjacent to an activating group) is 1. The topological polar surface area (TPSA) is 55.6 Å². The number of rotatable bonds is 3. The van der Waals surface area contributed by atoms with Crippen molar-refractivity contribution >= 4 is 11.3 Å². The quantitative estimate of drug-likeness (QED) is 0.608. The molecule has 0 saturated carbocycles. The standard InChI is InChI=1S/C13H16N2O3/c1-14-7-5-10(6-8-14)12-9-11(18-2)3-4-13(12)15(16)17/h3-5,9H,6-8H2,1-2H3. The van der Waals surface area contributed by atoms with E-state index in [-0.39, 0.29) is 10.6 Å². The molecule has 18 heavy (non-hydrogen) atoms. The van der Waals surface area contributed by atoms with Gasteiger partial charge in [-0.15, -0.1) is 0 Å². The summed E-state index contributed by atoms with van der Waals surface area (Å²) in [6.45, 7) is 1.74. The van der Waals surface area contributed by atoms with Crippen molar-refractivity contribution in [2.45, 2.75) is 6.42 Å². The van der Waals surface area contributed by atoms with Crippen LogP contribution in [0.3, 0.4) is 0 Å². The van der Waals surface area contributed by atoms with E-state index >= 15 is 0 Å². The highest BCUT2D eigenvalue weighted by Crippen LogP contribution is 2.32. The van der Waals surface area contributed by atoms with Crippen LogP contribution < -0.4 is 4.74 Å². The summed E-state index contributed by atoms with van der Waals surface area (Å²) < 4.78 is 5.14. The van der Waals surface area contributed by atoms with Crippen molar-refractivity contribution in [2.24, 2.45) is 0 Å². The van der Waals surface area contributed by atoms with Gasteiger partial charge in [0, 0.05) is 19.2 Å². The predicted molar refractivity (Wildman–Crippen MR) is 69.7 cm³/mol. The third-order valence-corrected chi connectivity index (χ3v) is 3.16. The number of nitrogens with zero attached hydrogens (tertiary/aromatic N) is 2. The fraction of sp³-hybridized carbons (Fsp3) is 0.385.